The minimum atomic E-state index is -4.65. The number of alkyl halides is 3. The van der Waals surface area contributed by atoms with Gasteiger partial charge in [-0.3, -0.25) is 9.59 Å². The molecule has 0 saturated heterocycles. The number of nitrogens with two attached hydrogens (primary N) is 1. The first kappa shape index (κ1) is 34.7. The van der Waals surface area contributed by atoms with E-state index in [1.54, 1.807) is 4.90 Å². The summed E-state index contributed by atoms with van der Waals surface area (Å²) in [6.07, 6.45) is 3.85. The highest BCUT2D eigenvalue weighted by Gasteiger charge is 2.38. The summed E-state index contributed by atoms with van der Waals surface area (Å²) >= 11 is 0. The van der Waals surface area contributed by atoms with Crippen LogP contribution in [0.25, 0.3) is 5.69 Å². The van der Waals surface area contributed by atoms with Gasteiger partial charge in [-0.15, -0.1) is 0 Å². The summed E-state index contributed by atoms with van der Waals surface area (Å²) in [5.74, 6) is 0.298. The number of hydrogen-bond donors (Lipinski definition) is 2. The van der Waals surface area contributed by atoms with Gasteiger partial charge in [0.15, 0.2) is 5.78 Å². The Morgan fingerprint density at radius 3 is 2.41 bits per heavy atom. The molecule has 11 heteroatoms. The number of nitrogen functional groups attached to an aromatic ring is 1. The summed E-state index contributed by atoms with van der Waals surface area (Å²) in [7, 11) is 0. The maximum absolute atomic E-state index is 13.7. The Morgan fingerprint density at radius 2 is 1.89 bits per heavy atom. The van der Waals surface area contributed by atoms with E-state index in [0.29, 0.717) is 43.3 Å². The number of phenols is 1. The monoisotopic (exact) mass is 639 g/mol. The number of aromatic hydroxyl groups is 1. The largest absolute Gasteiger partial charge is 0.506 e. The SMILES string of the molecule is C=CC(C)=O.CCC(C)CCc1nn(-c2ccc(C3CCC3)cc2O)c2c1C(CC)N(C(=O)c1ccc(C(F)(F)F)nc1N)CC2. The summed E-state index contributed by atoms with van der Waals surface area (Å²) in [5, 5.41) is 16.1. The fourth-order valence-electron chi connectivity index (χ4n) is 6.00. The van der Waals surface area contributed by atoms with Crippen molar-refractivity contribution in [2.45, 2.75) is 97.2 Å². The Kier molecular flexibility index (Phi) is 11.0. The normalized spacial score (nSPS) is 16.9. The minimum absolute atomic E-state index is 0.0185. The van der Waals surface area contributed by atoms with Gasteiger partial charge >= 0.3 is 6.18 Å². The maximum Gasteiger partial charge on any atom is 0.433 e. The molecule has 2 aromatic heterocycles. The third-order valence-electron chi connectivity index (χ3n) is 9.15. The van der Waals surface area contributed by atoms with Crippen LogP contribution in [-0.4, -0.2) is 43.0 Å². The molecule has 3 N–H and O–H groups in total. The van der Waals surface area contributed by atoms with Crippen LogP contribution in [0.15, 0.2) is 43.0 Å². The number of benzene rings is 1. The Balaban J connectivity index is 0.000000892. The van der Waals surface area contributed by atoms with Crippen molar-refractivity contribution in [1.82, 2.24) is 19.7 Å². The third kappa shape index (κ3) is 7.45. The molecule has 0 spiro atoms. The number of anilines is 1. The molecule has 5 rings (SSSR count). The van der Waals surface area contributed by atoms with Crippen molar-refractivity contribution >= 4 is 17.5 Å². The van der Waals surface area contributed by atoms with Crippen LogP contribution < -0.4 is 5.73 Å². The van der Waals surface area contributed by atoms with Crippen LogP contribution in [-0.2, 0) is 23.8 Å². The lowest BCUT2D eigenvalue weighted by atomic mass is 9.80. The van der Waals surface area contributed by atoms with E-state index in [4.69, 9.17) is 10.8 Å². The highest BCUT2D eigenvalue weighted by atomic mass is 19.4. The maximum atomic E-state index is 13.7. The molecule has 46 heavy (non-hydrogen) atoms. The molecule has 2 atom stereocenters. The second-order valence-corrected chi connectivity index (χ2v) is 12.3. The van der Waals surface area contributed by atoms with Crippen LogP contribution in [0.4, 0.5) is 19.0 Å². The van der Waals surface area contributed by atoms with Crippen LogP contribution in [0, 0.1) is 5.92 Å². The number of fused-ring (bicyclic) bond motifs is 1. The average molecular weight is 640 g/mol. The number of pyridine rings is 1. The molecule has 0 radical (unpaired) electrons. The van der Waals surface area contributed by atoms with Crippen molar-refractivity contribution in [3.05, 3.63) is 76.8 Å². The first-order valence-electron chi connectivity index (χ1n) is 16.0. The van der Waals surface area contributed by atoms with Crippen molar-refractivity contribution in [2.75, 3.05) is 12.3 Å². The van der Waals surface area contributed by atoms with Gasteiger partial charge < -0.3 is 15.7 Å². The van der Waals surface area contributed by atoms with Crippen LogP contribution in [0.3, 0.4) is 0 Å². The van der Waals surface area contributed by atoms with Crippen LogP contribution in [0.1, 0.15) is 117 Å². The number of phenolic OH excluding ortho intramolecular Hbond substituents is 1. The molecular formula is C35H44F3N5O3. The van der Waals surface area contributed by atoms with Gasteiger partial charge in [-0.2, -0.15) is 18.3 Å². The molecule has 1 amide bonds. The summed E-state index contributed by atoms with van der Waals surface area (Å²) in [4.78, 5) is 28.6. The Hall–Kier alpha value is -4.15. The lowest BCUT2D eigenvalue weighted by molar-refractivity contribution is -0.141. The summed E-state index contributed by atoms with van der Waals surface area (Å²) in [5.41, 5.74) is 9.24. The molecule has 1 aliphatic heterocycles. The molecule has 2 aliphatic rings. The van der Waals surface area contributed by atoms with Crippen LogP contribution in [0.2, 0.25) is 0 Å². The van der Waals surface area contributed by atoms with Crippen LogP contribution >= 0.6 is 0 Å². The summed E-state index contributed by atoms with van der Waals surface area (Å²) < 4.78 is 41.3. The van der Waals surface area contributed by atoms with Gasteiger partial charge in [-0.05, 0) is 86.8 Å². The van der Waals surface area contributed by atoms with Crippen molar-refractivity contribution in [1.29, 1.82) is 0 Å². The first-order valence-corrected chi connectivity index (χ1v) is 16.0. The van der Waals surface area contributed by atoms with Gasteiger partial charge in [0.25, 0.3) is 5.91 Å². The van der Waals surface area contributed by atoms with Gasteiger partial charge in [0.05, 0.1) is 23.0 Å². The van der Waals surface area contributed by atoms with Gasteiger partial charge in [0, 0.05) is 18.5 Å². The number of aromatic nitrogens is 3. The van der Waals surface area contributed by atoms with E-state index in [0.717, 1.165) is 60.3 Å². The number of carbonyl (C=O) groups is 2. The Morgan fingerprint density at radius 1 is 1.20 bits per heavy atom. The molecular weight excluding hydrogens is 595 g/mol. The average Bonchev–Trinajstić information content (AvgIpc) is 3.36. The topological polar surface area (TPSA) is 114 Å². The van der Waals surface area contributed by atoms with Gasteiger partial charge in [-0.25, -0.2) is 9.67 Å². The number of nitrogens with zero attached hydrogens (tertiary/aromatic N) is 4. The zero-order valence-electron chi connectivity index (χ0n) is 27.0. The van der Waals surface area contributed by atoms with E-state index in [2.05, 4.69) is 31.5 Å². The van der Waals surface area contributed by atoms with Gasteiger partial charge in [-0.1, -0.05) is 46.3 Å². The number of amides is 1. The molecule has 1 saturated carbocycles. The lowest BCUT2D eigenvalue weighted by Crippen LogP contribution is -2.40. The van der Waals surface area contributed by atoms with Crippen molar-refractivity contribution in [2.24, 2.45) is 5.92 Å². The minimum Gasteiger partial charge on any atom is -0.506 e. The second kappa shape index (κ2) is 14.5. The molecule has 3 aromatic rings. The first-order chi connectivity index (χ1) is 21.8. The smallest absolute Gasteiger partial charge is 0.433 e. The molecule has 8 nitrogen and oxygen atoms in total. The van der Waals surface area contributed by atoms with Gasteiger partial charge in [0.1, 0.15) is 22.9 Å². The number of halogens is 3. The standard InChI is InChI=1S/C31H38F3N5O2.C4H6O/c1-4-18(3)9-12-22-28-23(5-2)38(30(41)21-11-14-27(31(32,33)34)36-29(21)35)16-15-25(28)39(37-22)24-13-10-20(17-26(24)40)19-7-6-8-19;1-3-4(2)5/h10-11,13-14,17-19,23,40H,4-9,12,15-16H2,1-3H3,(H2,35,36);3H,1H2,2H3. The van der Waals surface area contributed by atoms with E-state index in [1.165, 1.54) is 19.4 Å². The zero-order valence-corrected chi connectivity index (χ0v) is 27.0. The highest BCUT2D eigenvalue weighted by molar-refractivity contribution is 5.98. The number of ketones is 1. The number of carbonyl (C=O) groups excluding carboxylic acids is 2. The lowest BCUT2D eigenvalue weighted by Gasteiger charge is -2.36. The summed E-state index contributed by atoms with van der Waals surface area (Å²) in [6.45, 7) is 11.3. The van der Waals surface area contributed by atoms with E-state index in [-0.39, 0.29) is 23.1 Å². The number of allylic oxidation sites excluding steroid dienone is 1. The van der Waals surface area contributed by atoms with Crippen molar-refractivity contribution in [3.8, 4) is 11.4 Å². The Bertz CT molecular complexity index is 1580. The predicted molar refractivity (Wildman–Crippen MR) is 172 cm³/mol. The number of hydrogen-bond acceptors (Lipinski definition) is 6. The molecule has 1 fully saturated rings. The second-order valence-electron chi connectivity index (χ2n) is 12.3. The molecule has 2 unspecified atom stereocenters. The fourth-order valence-corrected chi connectivity index (χ4v) is 6.00. The zero-order chi connectivity index (χ0) is 33.8. The number of rotatable bonds is 9. The highest BCUT2D eigenvalue weighted by Crippen LogP contribution is 2.42. The van der Waals surface area contributed by atoms with E-state index < -0.39 is 23.6 Å². The molecule has 3 heterocycles. The predicted octanol–water partition coefficient (Wildman–Crippen LogP) is 7.73. The van der Waals surface area contributed by atoms with E-state index in [9.17, 15) is 27.9 Å². The summed E-state index contributed by atoms with van der Waals surface area (Å²) in [6, 6.07) is 7.42. The van der Waals surface area contributed by atoms with Crippen molar-refractivity contribution < 1.29 is 27.9 Å². The molecule has 0 bridgehead atoms. The molecule has 1 aliphatic carbocycles. The Labute approximate surface area is 268 Å². The van der Waals surface area contributed by atoms with Gasteiger partial charge in [0.2, 0.25) is 0 Å². The number of aryl methyl sites for hydroxylation is 1. The van der Waals surface area contributed by atoms with E-state index in [1.807, 2.05) is 23.7 Å². The molecule has 248 valence electrons. The third-order valence-corrected chi connectivity index (χ3v) is 9.15. The fraction of sp³-hybridized carbons (Fsp3) is 0.486. The van der Waals surface area contributed by atoms with Crippen molar-refractivity contribution in [3.63, 3.8) is 0 Å². The van der Waals surface area contributed by atoms with E-state index >= 15 is 0 Å². The molecule has 1 aromatic carbocycles. The van der Waals surface area contributed by atoms with Crippen LogP contribution in [0.5, 0.6) is 5.75 Å². The quantitative estimate of drug-likeness (QED) is 0.232.